The summed E-state index contributed by atoms with van der Waals surface area (Å²) in [6.45, 7) is 0.570. The minimum Gasteiger partial charge on any atom is -0.480 e. The Balaban J connectivity index is 2.00. The zero-order valence-electron chi connectivity index (χ0n) is 8.17. The van der Waals surface area contributed by atoms with Crippen LogP contribution in [0.25, 0.3) is 0 Å². The van der Waals surface area contributed by atoms with Crippen molar-refractivity contribution in [3.8, 4) is 0 Å². The maximum Gasteiger partial charge on any atom is 0.325 e. The molecular formula is C8H12N4O3. The van der Waals surface area contributed by atoms with Crippen LogP contribution in [0.5, 0.6) is 0 Å². The zero-order chi connectivity index (χ0) is 10.7. The molecule has 15 heavy (non-hydrogen) atoms. The van der Waals surface area contributed by atoms with Crippen molar-refractivity contribution >= 4 is 5.97 Å². The molecule has 1 N–H and O–H groups in total. The van der Waals surface area contributed by atoms with E-state index in [1.807, 2.05) is 0 Å². The van der Waals surface area contributed by atoms with Crippen molar-refractivity contribution < 1.29 is 14.6 Å². The molecule has 0 amide bonds. The predicted octanol–water partition coefficient (Wildman–Crippen LogP) is -0.521. The Kier molecular flexibility index (Phi) is 2.91. The highest BCUT2D eigenvalue weighted by molar-refractivity contribution is 5.66. The highest BCUT2D eigenvalue weighted by Crippen LogP contribution is 2.15. The number of carboxylic acid groups (broad SMARTS) is 1. The van der Waals surface area contributed by atoms with Gasteiger partial charge in [0.15, 0.2) is 5.82 Å². The molecule has 7 heteroatoms. The summed E-state index contributed by atoms with van der Waals surface area (Å²) < 4.78 is 6.73. The fraction of sp³-hybridized carbons (Fsp3) is 0.750. The number of rotatable bonds is 4. The Hall–Kier alpha value is -1.50. The molecule has 82 valence electrons. The van der Waals surface area contributed by atoms with E-state index in [0.717, 1.165) is 19.4 Å². The van der Waals surface area contributed by atoms with Crippen molar-refractivity contribution in [2.24, 2.45) is 0 Å². The maximum atomic E-state index is 10.5. The Labute approximate surface area is 86.0 Å². The minimum absolute atomic E-state index is 0.128. The van der Waals surface area contributed by atoms with Crippen LogP contribution in [0.15, 0.2) is 0 Å². The molecule has 2 rings (SSSR count). The normalized spacial score (nSPS) is 20.7. The van der Waals surface area contributed by atoms with Crippen molar-refractivity contribution in [2.45, 2.75) is 31.9 Å². The largest absolute Gasteiger partial charge is 0.480 e. The number of hydrogen-bond donors (Lipinski definition) is 1. The fourth-order valence-corrected chi connectivity index (χ4v) is 1.63. The van der Waals surface area contributed by atoms with Crippen LogP contribution in [-0.2, 0) is 22.5 Å². The summed E-state index contributed by atoms with van der Waals surface area (Å²) in [7, 11) is 0. The van der Waals surface area contributed by atoms with E-state index < -0.39 is 5.97 Å². The van der Waals surface area contributed by atoms with Crippen molar-refractivity contribution in [3.05, 3.63) is 5.82 Å². The van der Waals surface area contributed by atoms with Crippen molar-refractivity contribution in [2.75, 3.05) is 6.61 Å². The van der Waals surface area contributed by atoms with Crippen LogP contribution in [0.3, 0.4) is 0 Å². The number of carboxylic acids is 1. The number of nitrogens with zero attached hydrogens (tertiary/aromatic N) is 4. The van der Waals surface area contributed by atoms with E-state index >= 15 is 0 Å². The van der Waals surface area contributed by atoms with Gasteiger partial charge in [0.25, 0.3) is 0 Å². The van der Waals surface area contributed by atoms with Crippen LogP contribution in [-0.4, -0.2) is 44.0 Å². The van der Waals surface area contributed by atoms with Crippen LogP contribution in [0.1, 0.15) is 18.7 Å². The van der Waals surface area contributed by atoms with E-state index in [1.54, 1.807) is 0 Å². The molecular weight excluding hydrogens is 200 g/mol. The molecule has 1 aliphatic heterocycles. The van der Waals surface area contributed by atoms with E-state index in [1.165, 1.54) is 4.68 Å². The van der Waals surface area contributed by atoms with Crippen LogP contribution in [0, 0.1) is 0 Å². The van der Waals surface area contributed by atoms with Gasteiger partial charge in [0.05, 0.1) is 6.10 Å². The van der Waals surface area contributed by atoms with E-state index in [9.17, 15) is 4.79 Å². The number of carbonyl (C=O) groups is 1. The lowest BCUT2D eigenvalue weighted by atomic mass is 10.2. The Morgan fingerprint density at radius 2 is 2.53 bits per heavy atom. The first kappa shape index (κ1) is 10.0. The van der Waals surface area contributed by atoms with Crippen molar-refractivity contribution in [1.82, 2.24) is 20.2 Å². The van der Waals surface area contributed by atoms with E-state index in [4.69, 9.17) is 9.84 Å². The lowest BCUT2D eigenvalue weighted by molar-refractivity contribution is -0.138. The highest BCUT2D eigenvalue weighted by Gasteiger charge is 2.20. The number of ether oxygens (including phenoxy) is 1. The summed E-state index contributed by atoms with van der Waals surface area (Å²) in [5.74, 6) is -0.375. The van der Waals surface area contributed by atoms with Crippen LogP contribution in [0.4, 0.5) is 0 Å². The average Bonchev–Trinajstić information content (AvgIpc) is 2.78. The fourth-order valence-electron chi connectivity index (χ4n) is 1.63. The number of tetrazole rings is 1. The minimum atomic E-state index is -0.948. The highest BCUT2D eigenvalue weighted by atomic mass is 16.5. The van der Waals surface area contributed by atoms with Crippen LogP contribution in [0.2, 0.25) is 0 Å². The molecule has 1 atom stereocenters. The number of aliphatic carboxylic acids is 1. The van der Waals surface area contributed by atoms with Gasteiger partial charge in [-0.05, 0) is 23.3 Å². The summed E-state index contributed by atoms with van der Waals surface area (Å²) >= 11 is 0. The average molecular weight is 212 g/mol. The van der Waals surface area contributed by atoms with E-state index in [0.29, 0.717) is 12.2 Å². The third-order valence-corrected chi connectivity index (χ3v) is 2.33. The summed E-state index contributed by atoms with van der Waals surface area (Å²) in [6, 6.07) is 0. The van der Waals surface area contributed by atoms with Crippen LogP contribution < -0.4 is 0 Å². The molecule has 1 aromatic rings. The number of aromatic nitrogens is 4. The molecule has 0 aliphatic carbocycles. The molecule has 0 aromatic carbocycles. The second-order valence-corrected chi connectivity index (χ2v) is 3.49. The lowest BCUT2D eigenvalue weighted by Crippen LogP contribution is -2.18. The third-order valence-electron chi connectivity index (χ3n) is 2.33. The maximum absolute atomic E-state index is 10.5. The van der Waals surface area contributed by atoms with Gasteiger partial charge in [-0.25, -0.2) is 4.68 Å². The molecule has 1 fully saturated rings. The van der Waals surface area contributed by atoms with Crippen LogP contribution >= 0.6 is 0 Å². The van der Waals surface area contributed by atoms with Gasteiger partial charge in [-0.1, -0.05) is 0 Å². The smallest absolute Gasteiger partial charge is 0.325 e. The van der Waals surface area contributed by atoms with Gasteiger partial charge >= 0.3 is 5.97 Å². The molecule has 7 nitrogen and oxygen atoms in total. The first-order valence-corrected chi connectivity index (χ1v) is 4.84. The van der Waals surface area contributed by atoms with Gasteiger partial charge in [-0.15, -0.1) is 5.10 Å². The van der Waals surface area contributed by atoms with Crippen molar-refractivity contribution in [3.63, 3.8) is 0 Å². The van der Waals surface area contributed by atoms with E-state index in [-0.39, 0.29) is 12.6 Å². The van der Waals surface area contributed by atoms with Gasteiger partial charge in [-0.3, -0.25) is 4.79 Å². The molecule has 1 unspecified atom stereocenters. The second kappa shape index (κ2) is 4.35. The molecule has 0 bridgehead atoms. The summed E-state index contributed by atoms with van der Waals surface area (Å²) in [5, 5.41) is 19.5. The summed E-state index contributed by atoms with van der Waals surface area (Å²) in [6.07, 6.45) is 2.74. The zero-order valence-corrected chi connectivity index (χ0v) is 8.17. The van der Waals surface area contributed by atoms with Gasteiger partial charge in [0, 0.05) is 13.0 Å². The molecule has 1 saturated heterocycles. The SMILES string of the molecule is O=C(O)Cn1nnnc1CC1CCCO1. The lowest BCUT2D eigenvalue weighted by Gasteiger charge is -2.07. The number of hydrogen-bond acceptors (Lipinski definition) is 5. The summed E-state index contributed by atoms with van der Waals surface area (Å²) in [4.78, 5) is 10.5. The quantitative estimate of drug-likeness (QED) is 0.722. The van der Waals surface area contributed by atoms with Gasteiger partial charge in [-0.2, -0.15) is 0 Å². The second-order valence-electron chi connectivity index (χ2n) is 3.49. The Morgan fingerprint density at radius 1 is 1.67 bits per heavy atom. The van der Waals surface area contributed by atoms with Gasteiger partial charge in [0.2, 0.25) is 0 Å². The van der Waals surface area contributed by atoms with Gasteiger partial charge in [0.1, 0.15) is 6.54 Å². The van der Waals surface area contributed by atoms with E-state index in [2.05, 4.69) is 15.5 Å². The van der Waals surface area contributed by atoms with Gasteiger partial charge < -0.3 is 9.84 Å². The summed E-state index contributed by atoms with van der Waals surface area (Å²) in [5.41, 5.74) is 0. The first-order valence-electron chi connectivity index (χ1n) is 4.84. The Morgan fingerprint density at radius 3 is 3.20 bits per heavy atom. The first-order chi connectivity index (χ1) is 7.25. The molecule has 0 saturated carbocycles. The topological polar surface area (TPSA) is 90.1 Å². The Bertz CT molecular complexity index is 345. The standard InChI is InChI=1S/C8H12N4O3/c13-8(14)5-12-7(9-10-11-12)4-6-2-1-3-15-6/h6H,1-5H2,(H,13,14). The molecule has 2 heterocycles. The molecule has 0 spiro atoms. The molecule has 1 aliphatic rings. The molecule has 0 radical (unpaired) electrons. The molecule has 1 aromatic heterocycles. The predicted molar refractivity (Wildman–Crippen MR) is 48.1 cm³/mol. The monoisotopic (exact) mass is 212 g/mol. The van der Waals surface area contributed by atoms with Crippen molar-refractivity contribution in [1.29, 1.82) is 0 Å². The third kappa shape index (κ3) is 2.50.